The van der Waals surface area contributed by atoms with Gasteiger partial charge in [-0.1, -0.05) is 60.7 Å². The predicted molar refractivity (Wildman–Crippen MR) is 103 cm³/mol. The molecule has 0 spiro atoms. The molecule has 2 heterocycles. The molecule has 5 nitrogen and oxygen atoms in total. The molecule has 2 aliphatic heterocycles. The summed E-state index contributed by atoms with van der Waals surface area (Å²) in [5.41, 5.74) is 2.01. The molecule has 136 valence electrons. The number of carboxylic acids is 1. The Morgan fingerprint density at radius 1 is 0.815 bits per heavy atom. The van der Waals surface area contributed by atoms with Gasteiger partial charge in [0, 0.05) is 30.2 Å². The van der Waals surface area contributed by atoms with Crippen LogP contribution in [0.2, 0.25) is 0 Å². The van der Waals surface area contributed by atoms with Gasteiger partial charge in [-0.2, -0.15) is 0 Å². The molecule has 1 N–H and O–H groups in total. The lowest BCUT2D eigenvalue weighted by Crippen LogP contribution is -2.05. The van der Waals surface area contributed by atoms with Crippen LogP contribution in [0.25, 0.3) is 12.2 Å². The third kappa shape index (κ3) is 5.12. The highest BCUT2D eigenvalue weighted by Gasteiger charge is 2.14. The van der Waals surface area contributed by atoms with Crippen LogP contribution in [0, 0.1) is 0 Å². The number of benzene rings is 2. The number of hydrogen-bond acceptors (Lipinski definition) is 4. The van der Waals surface area contributed by atoms with Crippen molar-refractivity contribution >= 4 is 18.1 Å². The second-order valence-corrected chi connectivity index (χ2v) is 5.59. The van der Waals surface area contributed by atoms with Crippen molar-refractivity contribution in [1.29, 1.82) is 0 Å². The first-order valence-corrected chi connectivity index (χ1v) is 8.30. The smallest absolute Gasteiger partial charge is 0.300 e. The van der Waals surface area contributed by atoms with Gasteiger partial charge in [-0.25, -0.2) is 0 Å². The number of rotatable bonds is 2. The van der Waals surface area contributed by atoms with E-state index in [4.69, 9.17) is 24.1 Å². The van der Waals surface area contributed by atoms with E-state index in [0.717, 1.165) is 29.5 Å². The molecule has 0 saturated heterocycles. The summed E-state index contributed by atoms with van der Waals surface area (Å²) >= 11 is 0. The van der Waals surface area contributed by atoms with Crippen LogP contribution < -0.4 is 9.47 Å². The maximum Gasteiger partial charge on any atom is 0.300 e. The van der Waals surface area contributed by atoms with Gasteiger partial charge in [0.05, 0.1) is 0 Å². The zero-order valence-electron chi connectivity index (χ0n) is 14.7. The van der Waals surface area contributed by atoms with Crippen molar-refractivity contribution in [1.82, 2.24) is 0 Å². The molecule has 0 atom stereocenters. The fraction of sp³-hybridized carbons (Fsp3) is 0.0455. The molecule has 0 aromatic heterocycles. The van der Waals surface area contributed by atoms with Gasteiger partial charge in [0.15, 0.2) is 0 Å². The molecule has 0 unspecified atom stereocenters. The molecule has 0 bridgehead atoms. The lowest BCUT2D eigenvalue weighted by atomic mass is 10.2. The number of fused-ring (bicyclic) bond motifs is 2. The maximum absolute atomic E-state index is 9.00. The topological polar surface area (TPSA) is 65.0 Å². The lowest BCUT2D eigenvalue weighted by Gasteiger charge is -2.14. The zero-order valence-corrected chi connectivity index (χ0v) is 14.7. The van der Waals surface area contributed by atoms with Crippen molar-refractivity contribution in [3.05, 3.63) is 95.9 Å². The average molecular weight is 362 g/mol. The van der Waals surface area contributed by atoms with Crippen LogP contribution in [-0.2, 0) is 9.53 Å². The molecule has 0 amide bonds. The summed E-state index contributed by atoms with van der Waals surface area (Å²) in [4.78, 5) is 9.00. The van der Waals surface area contributed by atoms with Gasteiger partial charge in [-0.05, 0) is 12.1 Å². The predicted octanol–water partition coefficient (Wildman–Crippen LogP) is 4.99. The van der Waals surface area contributed by atoms with Crippen molar-refractivity contribution in [2.75, 3.05) is 0 Å². The van der Waals surface area contributed by atoms with E-state index >= 15 is 0 Å². The van der Waals surface area contributed by atoms with Crippen molar-refractivity contribution in [3.63, 3.8) is 0 Å². The molecule has 2 aliphatic rings. The number of allylic oxidation sites excluding steroid dienone is 4. The average Bonchev–Trinajstić information content (AvgIpc) is 2.96. The third-order valence-corrected chi connectivity index (χ3v) is 3.48. The molecule has 2 aromatic carbocycles. The first kappa shape index (κ1) is 18.1. The highest BCUT2D eigenvalue weighted by molar-refractivity contribution is 5.63. The minimum atomic E-state index is -0.833. The van der Waals surface area contributed by atoms with E-state index in [0.29, 0.717) is 11.9 Å². The number of carbonyl (C=O) groups is 1. The highest BCUT2D eigenvalue weighted by atomic mass is 16.7. The monoisotopic (exact) mass is 362 g/mol. The Morgan fingerprint density at radius 2 is 1.22 bits per heavy atom. The number of para-hydroxylation sites is 2. The van der Waals surface area contributed by atoms with Gasteiger partial charge in [0.1, 0.15) is 11.5 Å². The van der Waals surface area contributed by atoms with Crippen molar-refractivity contribution < 1.29 is 24.1 Å². The Hall–Kier alpha value is -3.73. The lowest BCUT2D eigenvalue weighted by molar-refractivity contribution is -0.134. The van der Waals surface area contributed by atoms with E-state index in [9.17, 15) is 0 Å². The quantitative estimate of drug-likeness (QED) is 0.815. The summed E-state index contributed by atoms with van der Waals surface area (Å²) in [7, 11) is 0. The molecular formula is C22H18O5. The SMILES string of the molecule is C1=Cc2ccccc2OC(OC2=CC=Cc3ccccc3O2)=C1.CC(=O)O. The van der Waals surface area contributed by atoms with Gasteiger partial charge in [0.25, 0.3) is 17.9 Å². The van der Waals surface area contributed by atoms with Crippen LogP contribution in [0.4, 0.5) is 0 Å². The van der Waals surface area contributed by atoms with Crippen LogP contribution in [0.1, 0.15) is 18.1 Å². The first-order chi connectivity index (χ1) is 13.1. The molecule has 0 saturated carbocycles. The summed E-state index contributed by atoms with van der Waals surface area (Å²) in [5.74, 6) is 1.39. The van der Waals surface area contributed by atoms with Gasteiger partial charge < -0.3 is 19.3 Å². The highest BCUT2D eigenvalue weighted by Crippen LogP contribution is 2.28. The van der Waals surface area contributed by atoms with Crippen LogP contribution in [0.3, 0.4) is 0 Å². The van der Waals surface area contributed by atoms with Gasteiger partial charge in [-0.3, -0.25) is 4.79 Å². The second kappa shape index (κ2) is 8.58. The van der Waals surface area contributed by atoms with E-state index in [-0.39, 0.29) is 0 Å². The normalized spacial score (nSPS) is 13.7. The second-order valence-electron chi connectivity index (χ2n) is 5.59. The molecule has 27 heavy (non-hydrogen) atoms. The van der Waals surface area contributed by atoms with Crippen LogP contribution >= 0.6 is 0 Å². The van der Waals surface area contributed by atoms with Gasteiger partial charge in [-0.15, -0.1) is 0 Å². The number of ether oxygens (including phenoxy) is 3. The molecule has 0 fully saturated rings. The fourth-order valence-electron chi connectivity index (χ4n) is 2.38. The Balaban J connectivity index is 0.000000481. The number of carboxylic acid groups (broad SMARTS) is 1. The van der Waals surface area contributed by atoms with Crippen LogP contribution in [-0.4, -0.2) is 11.1 Å². The molecule has 0 radical (unpaired) electrons. The summed E-state index contributed by atoms with van der Waals surface area (Å²) < 4.78 is 17.4. The largest absolute Gasteiger partial charge is 0.481 e. The standard InChI is InChI=1S/C20H14O3.C2H4O2/c1-3-11-17-15(7-1)9-5-13-19(21-17)23-20-14-6-10-16-8-2-4-12-18(16)22-20;1-2(3)4/h1-14H;1H3,(H,3,4). The van der Waals surface area contributed by atoms with Crippen LogP contribution in [0.5, 0.6) is 11.5 Å². The summed E-state index contributed by atoms with van der Waals surface area (Å²) in [6.07, 6.45) is 11.3. The maximum atomic E-state index is 9.00. The van der Waals surface area contributed by atoms with Gasteiger partial charge in [0.2, 0.25) is 0 Å². The van der Waals surface area contributed by atoms with Crippen LogP contribution in [0.15, 0.2) is 84.7 Å². The molecule has 0 aliphatic carbocycles. The molecular weight excluding hydrogens is 344 g/mol. The van der Waals surface area contributed by atoms with E-state index in [1.165, 1.54) is 0 Å². The fourth-order valence-corrected chi connectivity index (χ4v) is 2.38. The zero-order chi connectivity index (χ0) is 19.1. The van der Waals surface area contributed by atoms with Crippen molar-refractivity contribution in [2.45, 2.75) is 6.92 Å². The summed E-state index contributed by atoms with van der Waals surface area (Å²) in [6, 6.07) is 15.6. The minimum Gasteiger partial charge on any atom is -0.481 e. The van der Waals surface area contributed by atoms with E-state index < -0.39 is 5.97 Å². The Labute approximate surface area is 157 Å². The van der Waals surface area contributed by atoms with Gasteiger partial charge >= 0.3 is 0 Å². The van der Waals surface area contributed by atoms with Crippen molar-refractivity contribution in [3.8, 4) is 11.5 Å². The Bertz CT molecular complexity index is 875. The molecule has 5 heteroatoms. The Kier molecular flexibility index (Phi) is 5.74. The van der Waals surface area contributed by atoms with Crippen molar-refractivity contribution in [2.24, 2.45) is 0 Å². The molecule has 2 aromatic rings. The van der Waals surface area contributed by atoms with E-state index in [1.54, 1.807) is 12.2 Å². The Morgan fingerprint density at radius 3 is 1.67 bits per heavy atom. The summed E-state index contributed by atoms with van der Waals surface area (Å²) in [6.45, 7) is 1.08. The third-order valence-electron chi connectivity index (χ3n) is 3.48. The summed E-state index contributed by atoms with van der Waals surface area (Å²) in [5, 5.41) is 7.42. The van der Waals surface area contributed by atoms with E-state index in [1.807, 2.05) is 72.8 Å². The number of hydrogen-bond donors (Lipinski definition) is 1. The molecule has 4 rings (SSSR count). The first-order valence-electron chi connectivity index (χ1n) is 8.30. The number of aliphatic carboxylic acids is 1. The van der Waals surface area contributed by atoms with E-state index in [2.05, 4.69) is 0 Å². The minimum absolute atomic E-state index is 0.366.